The number of carbonyl (C=O) groups is 2. The molecule has 3 rings (SSSR count). The van der Waals surface area contributed by atoms with E-state index in [1.165, 1.54) is 55.8 Å². The Labute approximate surface area is 187 Å². The lowest BCUT2D eigenvalue weighted by atomic mass is 10.00. The Morgan fingerprint density at radius 2 is 1.68 bits per heavy atom. The molecule has 1 aliphatic carbocycles. The Bertz CT molecular complexity index is 1030. The third-order valence-electron chi connectivity index (χ3n) is 5.57. The molecule has 0 unspecified atom stereocenters. The van der Waals surface area contributed by atoms with Crippen molar-refractivity contribution in [2.75, 3.05) is 13.1 Å². The van der Waals surface area contributed by atoms with Gasteiger partial charge in [-0.3, -0.25) is 20.4 Å². The summed E-state index contributed by atoms with van der Waals surface area (Å²) in [5, 5.41) is 0. The van der Waals surface area contributed by atoms with E-state index in [4.69, 9.17) is 0 Å². The molecule has 0 saturated heterocycles. The van der Waals surface area contributed by atoms with Crippen LogP contribution in [-0.2, 0) is 29.9 Å². The van der Waals surface area contributed by atoms with Crippen LogP contribution in [0.4, 0.5) is 0 Å². The van der Waals surface area contributed by atoms with Gasteiger partial charge in [-0.25, -0.2) is 8.42 Å². The molecule has 0 atom stereocenters. The third kappa shape index (κ3) is 5.19. The maximum absolute atomic E-state index is 12.7. The van der Waals surface area contributed by atoms with Gasteiger partial charge in [-0.1, -0.05) is 26.7 Å². The Hall–Kier alpha value is -2.17. The standard InChI is InChI=1S/C21H30N4O4S2/c1-4-25(5-2)31(28,29)16-13-17(24(3)14-16)20(26)22-23-21(27)19-12-15-10-8-6-7-9-11-18(15)30-19/h12-14H,4-11H2,1-3H3,(H,22,26)(H,23,27). The van der Waals surface area contributed by atoms with Crippen LogP contribution in [0.15, 0.2) is 23.2 Å². The van der Waals surface area contributed by atoms with Crippen LogP contribution >= 0.6 is 11.3 Å². The number of sulfonamides is 1. The number of carbonyl (C=O) groups excluding carboxylic acids is 2. The van der Waals surface area contributed by atoms with E-state index in [0.717, 1.165) is 25.7 Å². The van der Waals surface area contributed by atoms with E-state index in [1.807, 2.05) is 6.07 Å². The fraction of sp³-hybridized carbons (Fsp3) is 0.524. The van der Waals surface area contributed by atoms with Gasteiger partial charge in [0.15, 0.2) is 0 Å². The number of fused-ring (bicyclic) bond motifs is 1. The molecule has 2 heterocycles. The molecule has 2 N–H and O–H groups in total. The first-order valence-corrected chi connectivity index (χ1v) is 12.9. The fourth-order valence-electron chi connectivity index (χ4n) is 3.81. The summed E-state index contributed by atoms with van der Waals surface area (Å²) in [5.74, 6) is -0.943. The summed E-state index contributed by atoms with van der Waals surface area (Å²) in [7, 11) is -2.08. The Balaban J connectivity index is 1.68. The Morgan fingerprint density at radius 3 is 2.35 bits per heavy atom. The van der Waals surface area contributed by atoms with Gasteiger partial charge in [0, 0.05) is 31.2 Å². The number of nitrogens with one attached hydrogen (secondary N) is 2. The van der Waals surface area contributed by atoms with Gasteiger partial charge >= 0.3 is 0 Å². The number of aryl methyl sites for hydroxylation is 3. The number of aromatic nitrogens is 1. The first-order valence-electron chi connectivity index (χ1n) is 10.7. The highest BCUT2D eigenvalue weighted by molar-refractivity contribution is 7.89. The van der Waals surface area contributed by atoms with Gasteiger partial charge in [0.2, 0.25) is 10.0 Å². The number of hydrazine groups is 1. The molecule has 1 aliphatic rings. The summed E-state index contributed by atoms with van der Waals surface area (Å²) < 4.78 is 28.2. The van der Waals surface area contributed by atoms with Crippen molar-refractivity contribution in [1.29, 1.82) is 0 Å². The molecule has 2 aromatic rings. The summed E-state index contributed by atoms with van der Waals surface area (Å²) in [6.07, 6.45) is 8.09. The van der Waals surface area contributed by atoms with Crippen LogP contribution in [-0.4, -0.2) is 42.2 Å². The van der Waals surface area contributed by atoms with Gasteiger partial charge in [-0.15, -0.1) is 11.3 Å². The van der Waals surface area contributed by atoms with Gasteiger partial charge in [-0.05, 0) is 43.4 Å². The van der Waals surface area contributed by atoms with Crippen LogP contribution in [0.3, 0.4) is 0 Å². The van der Waals surface area contributed by atoms with Crippen molar-refractivity contribution in [3.63, 3.8) is 0 Å². The molecular formula is C21H30N4O4S2. The molecule has 31 heavy (non-hydrogen) atoms. The molecule has 170 valence electrons. The van der Waals surface area contributed by atoms with Crippen LogP contribution in [0, 0.1) is 0 Å². The van der Waals surface area contributed by atoms with E-state index in [-0.39, 0.29) is 16.5 Å². The van der Waals surface area contributed by atoms with Crippen LogP contribution in [0.2, 0.25) is 0 Å². The highest BCUT2D eigenvalue weighted by Gasteiger charge is 2.25. The minimum atomic E-state index is -3.67. The van der Waals surface area contributed by atoms with Crippen LogP contribution in [0.25, 0.3) is 0 Å². The van der Waals surface area contributed by atoms with Crippen LogP contribution < -0.4 is 10.9 Å². The maximum Gasteiger partial charge on any atom is 0.286 e. The smallest absolute Gasteiger partial charge is 0.286 e. The van der Waals surface area contributed by atoms with Crippen molar-refractivity contribution in [2.24, 2.45) is 7.05 Å². The van der Waals surface area contributed by atoms with Gasteiger partial charge in [-0.2, -0.15) is 4.31 Å². The van der Waals surface area contributed by atoms with Crippen LogP contribution in [0.1, 0.15) is 70.1 Å². The van der Waals surface area contributed by atoms with E-state index in [2.05, 4.69) is 10.9 Å². The quantitative estimate of drug-likeness (QED) is 0.639. The first kappa shape index (κ1) is 23.5. The molecule has 0 aliphatic heterocycles. The summed E-state index contributed by atoms with van der Waals surface area (Å²) >= 11 is 1.48. The van der Waals surface area contributed by atoms with E-state index < -0.39 is 15.9 Å². The molecule has 10 heteroatoms. The molecule has 0 bridgehead atoms. The largest absolute Gasteiger partial charge is 0.345 e. The highest BCUT2D eigenvalue weighted by atomic mass is 32.2. The minimum absolute atomic E-state index is 0.0493. The molecule has 0 saturated carbocycles. The number of hydrogen-bond donors (Lipinski definition) is 2. The molecular weight excluding hydrogens is 436 g/mol. The lowest BCUT2D eigenvalue weighted by Crippen LogP contribution is -2.42. The second-order valence-electron chi connectivity index (χ2n) is 7.64. The second-order valence-corrected chi connectivity index (χ2v) is 10.7. The van der Waals surface area contributed by atoms with Crippen molar-refractivity contribution in [2.45, 2.75) is 57.3 Å². The Kier molecular flexibility index (Phi) is 7.55. The molecule has 0 spiro atoms. The van der Waals surface area contributed by atoms with Gasteiger partial charge in [0.1, 0.15) is 10.6 Å². The van der Waals surface area contributed by atoms with E-state index in [9.17, 15) is 18.0 Å². The summed E-state index contributed by atoms with van der Waals surface area (Å²) in [5.41, 5.74) is 6.24. The van der Waals surface area contributed by atoms with Crippen molar-refractivity contribution in [3.05, 3.63) is 39.3 Å². The van der Waals surface area contributed by atoms with E-state index in [1.54, 1.807) is 20.9 Å². The predicted octanol–water partition coefficient (Wildman–Crippen LogP) is 2.85. The summed E-state index contributed by atoms with van der Waals surface area (Å²) in [4.78, 5) is 27.0. The van der Waals surface area contributed by atoms with E-state index >= 15 is 0 Å². The zero-order chi connectivity index (χ0) is 22.6. The second kappa shape index (κ2) is 9.97. The topological polar surface area (TPSA) is 101 Å². The Morgan fingerprint density at radius 1 is 1.03 bits per heavy atom. The number of thiophene rings is 1. The minimum Gasteiger partial charge on any atom is -0.345 e. The number of amides is 2. The number of rotatable bonds is 6. The lowest BCUT2D eigenvalue weighted by molar-refractivity contribution is 0.0844. The lowest BCUT2D eigenvalue weighted by Gasteiger charge is -2.17. The molecule has 0 radical (unpaired) electrons. The van der Waals surface area contributed by atoms with Gasteiger partial charge in [0.05, 0.1) is 4.88 Å². The highest BCUT2D eigenvalue weighted by Crippen LogP contribution is 2.28. The van der Waals surface area contributed by atoms with Gasteiger partial charge in [0.25, 0.3) is 11.8 Å². The molecule has 0 aromatic carbocycles. The van der Waals surface area contributed by atoms with Crippen molar-refractivity contribution in [3.8, 4) is 0 Å². The average Bonchev–Trinajstić information content (AvgIpc) is 3.30. The first-order chi connectivity index (χ1) is 14.8. The van der Waals surface area contributed by atoms with Crippen molar-refractivity contribution in [1.82, 2.24) is 19.7 Å². The summed E-state index contributed by atoms with van der Waals surface area (Å²) in [6.45, 7) is 4.21. The molecule has 2 aromatic heterocycles. The maximum atomic E-state index is 12.7. The SMILES string of the molecule is CCN(CC)S(=O)(=O)c1cc(C(=O)NNC(=O)c2cc3c(s2)CCCCCC3)n(C)c1. The number of hydrogen-bond acceptors (Lipinski definition) is 5. The third-order valence-corrected chi connectivity index (χ3v) is 8.82. The fourth-order valence-corrected chi connectivity index (χ4v) is 6.49. The summed E-state index contributed by atoms with van der Waals surface area (Å²) in [6, 6.07) is 3.25. The van der Waals surface area contributed by atoms with Crippen molar-refractivity contribution >= 4 is 33.2 Å². The monoisotopic (exact) mass is 466 g/mol. The predicted molar refractivity (Wildman–Crippen MR) is 121 cm³/mol. The zero-order valence-corrected chi connectivity index (χ0v) is 19.9. The van der Waals surface area contributed by atoms with Crippen molar-refractivity contribution < 1.29 is 18.0 Å². The molecule has 0 fully saturated rings. The normalized spacial score (nSPS) is 14.6. The molecule has 8 nitrogen and oxygen atoms in total. The molecule has 2 amide bonds. The van der Waals surface area contributed by atoms with Gasteiger partial charge < -0.3 is 4.57 Å². The number of nitrogens with zero attached hydrogens (tertiary/aromatic N) is 2. The van der Waals surface area contributed by atoms with E-state index in [0.29, 0.717) is 18.0 Å². The average molecular weight is 467 g/mol. The zero-order valence-electron chi connectivity index (χ0n) is 18.2. The van der Waals surface area contributed by atoms with Crippen LogP contribution in [0.5, 0.6) is 0 Å².